The van der Waals surface area contributed by atoms with Gasteiger partial charge in [-0.3, -0.25) is 4.79 Å². The van der Waals surface area contributed by atoms with Crippen molar-refractivity contribution < 1.29 is 13.9 Å². The van der Waals surface area contributed by atoms with Gasteiger partial charge in [0, 0.05) is 19.1 Å². The first kappa shape index (κ1) is 20.5. The monoisotopic (exact) mass is 412 g/mol. The molecule has 0 spiro atoms. The Bertz CT molecular complexity index is 916. The molecule has 0 aromatic heterocycles. The molecule has 1 saturated carbocycles. The Labute approximate surface area is 176 Å². The molecule has 160 valence electrons. The molecule has 2 aliphatic heterocycles. The van der Waals surface area contributed by atoms with Gasteiger partial charge in [0.2, 0.25) is 0 Å². The summed E-state index contributed by atoms with van der Waals surface area (Å²) in [6.07, 6.45) is 12.4. The molecule has 3 aliphatic rings. The van der Waals surface area contributed by atoms with Gasteiger partial charge in [-0.15, -0.1) is 0 Å². The number of hydrogen-bond acceptors (Lipinski definition) is 5. The maximum absolute atomic E-state index is 15.0. The zero-order valence-corrected chi connectivity index (χ0v) is 17.3. The van der Waals surface area contributed by atoms with Crippen molar-refractivity contribution in [1.29, 1.82) is 0 Å². The van der Waals surface area contributed by atoms with Crippen LogP contribution in [0.15, 0.2) is 41.9 Å². The highest BCUT2D eigenvalue weighted by Crippen LogP contribution is 2.36. The van der Waals surface area contributed by atoms with Crippen molar-refractivity contribution in [3.63, 3.8) is 0 Å². The van der Waals surface area contributed by atoms with Gasteiger partial charge in [0.15, 0.2) is 18.3 Å². The molecular weight excluding hydrogens is 383 g/mol. The van der Waals surface area contributed by atoms with Crippen LogP contribution in [-0.2, 0) is 6.42 Å². The Balaban J connectivity index is 1.55. The summed E-state index contributed by atoms with van der Waals surface area (Å²) in [5.41, 5.74) is 8.25. The summed E-state index contributed by atoms with van der Waals surface area (Å²) in [7, 11) is 0. The zero-order chi connectivity index (χ0) is 21.1. The number of halogens is 1. The number of nitrogens with two attached hydrogens (primary N) is 1. The van der Waals surface area contributed by atoms with E-state index >= 15 is 4.39 Å². The van der Waals surface area contributed by atoms with Crippen molar-refractivity contribution in [2.24, 2.45) is 5.73 Å². The van der Waals surface area contributed by atoms with Gasteiger partial charge < -0.3 is 26.0 Å². The van der Waals surface area contributed by atoms with Gasteiger partial charge in [0.1, 0.15) is 5.82 Å². The van der Waals surface area contributed by atoms with Crippen molar-refractivity contribution >= 4 is 5.91 Å². The molecular formula is C23H29FN4O2. The van der Waals surface area contributed by atoms with Crippen LogP contribution >= 0.6 is 0 Å². The zero-order valence-electron chi connectivity index (χ0n) is 17.3. The van der Waals surface area contributed by atoms with E-state index < -0.39 is 5.82 Å². The topological polar surface area (TPSA) is 79.6 Å². The van der Waals surface area contributed by atoms with Crippen LogP contribution in [0.25, 0.3) is 0 Å². The maximum Gasteiger partial charge on any atom is 0.260 e. The lowest BCUT2D eigenvalue weighted by Crippen LogP contribution is -2.44. The van der Waals surface area contributed by atoms with Crippen molar-refractivity contribution in [2.75, 3.05) is 19.8 Å². The number of amides is 1. The lowest BCUT2D eigenvalue weighted by Gasteiger charge is -2.34. The van der Waals surface area contributed by atoms with Crippen LogP contribution in [0.3, 0.4) is 0 Å². The Morgan fingerprint density at radius 1 is 1.37 bits per heavy atom. The van der Waals surface area contributed by atoms with E-state index in [-0.39, 0.29) is 24.4 Å². The minimum Gasteiger partial charge on any atom is -0.469 e. The van der Waals surface area contributed by atoms with E-state index in [1.54, 1.807) is 18.0 Å². The van der Waals surface area contributed by atoms with Gasteiger partial charge in [-0.2, -0.15) is 0 Å². The Morgan fingerprint density at radius 3 is 2.87 bits per heavy atom. The third-order valence-corrected chi connectivity index (χ3v) is 6.08. The highest BCUT2D eigenvalue weighted by molar-refractivity contribution is 5.98. The minimum atomic E-state index is -0.420. The number of benzene rings is 1. The van der Waals surface area contributed by atoms with Crippen molar-refractivity contribution in [1.82, 2.24) is 15.5 Å². The first-order valence-corrected chi connectivity index (χ1v) is 10.6. The van der Waals surface area contributed by atoms with Gasteiger partial charge in [-0.1, -0.05) is 25.0 Å². The average molecular weight is 413 g/mol. The van der Waals surface area contributed by atoms with Crippen molar-refractivity contribution in [3.8, 4) is 5.75 Å². The Hall–Kier alpha value is -2.80. The summed E-state index contributed by atoms with van der Waals surface area (Å²) < 4.78 is 20.7. The van der Waals surface area contributed by atoms with Crippen LogP contribution in [-0.4, -0.2) is 36.7 Å². The lowest BCUT2D eigenvalue weighted by molar-refractivity contribution is 0.0377. The fourth-order valence-electron chi connectivity index (χ4n) is 4.31. The normalized spacial score (nSPS) is 19.3. The van der Waals surface area contributed by atoms with E-state index in [9.17, 15) is 4.79 Å². The third-order valence-electron chi connectivity index (χ3n) is 6.08. The summed E-state index contributed by atoms with van der Waals surface area (Å²) in [6.45, 7) is 3.01. The molecule has 4 N–H and O–H groups in total. The molecule has 6 nitrogen and oxygen atoms in total. The van der Waals surface area contributed by atoms with E-state index in [4.69, 9.17) is 10.5 Å². The molecule has 2 heterocycles. The predicted molar refractivity (Wildman–Crippen MR) is 114 cm³/mol. The summed E-state index contributed by atoms with van der Waals surface area (Å²) >= 11 is 0. The Kier molecular flexibility index (Phi) is 6.08. The van der Waals surface area contributed by atoms with E-state index in [1.807, 2.05) is 24.3 Å². The second-order valence-electron chi connectivity index (χ2n) is 8.06. The number of fused-ring (bicyclic) bond motifs is 1. The second-order valence-corrected chi connectivity index (χ2v) is 8.06. The highest BCUT2D eigenvalue weighted by atomic mass is 19.1. The second kappa shape index (κ2) is 8.92. The fraction of sp³-hybridized carbons (Fsp3) is 0.435. The van der Waals surface area contributed by atoms with Crippen molar-refractivity contribution in [2.45, 2.75) is 45.1 Å². The standard InChI is InChI=1S/C23H29FN4O2/c1-15-17(11-16-7-8-20(27-13-16)26-10-4-9-25)12-19-22(21(15)24)30-14-28(23(19)29)18-5-2-3-6-18/h4,7-8,10,12,18,26-27H,2-3,5-6,9,11,13-14,25H2,1H3/b10-4-. The first-order chi connectivity index (χ1) is 14.6. The molecule has 4 rings (SSSR count). The molecule has 1 aliphatic carbocycles. The SMILES string of the molecule is Cc1c(CC2=CC=C(N/C=C\CN)NC2)cc2c(c1F)OCN(C1CCCC1)C2=O. The van der Waals surface area contributed by atoms with Gasteiger partial charge in [-0.05, 0) is 61.2 Å². The number of allylic oxidation sites excluding steroid dienone is 2. The van der Waals surface area contributed by atoms with Crippen LogP contribution in [0.5, 0.6) is 5.75 Å². The average Bonchev–Trinajstić information content (AvgIpc) is 3.28. The molecule has 1 aromatic rings. The molecule has 1 fully saturated rings. The molecule has 1 amide bonds. The highest BCUT2D eigenvalue weighted by Gasteiger charge is 2.35. The minimum absolute atomic E-state index is 0.101. The number of carbonyl (C=O) groups excluding carboxylic acids is 1. The summed E-state index contributed by atoms with van der Waals surface area (Å²) in [4.78, 5) is 14.9. The number of nitrogens with zero attached hydrogens (tertiary/aromatic N) is 1. The molecule has 0 unspecified atom stereocenters. The van der Waals surface area contributed by atoms with Crippen LogP contribution in [0.4, 0.5) is 4.39 Å². The number of carbonyl (C=O) groups is 1. The van der Waals surface area contributed by atoms with E-state index in [0.29, 0.717) is 30.6 Å². The third kappa shape index (κ3) is 4.07. The summed E-state index contributed by atoms with van der Waals surface area (Å²) in [6, 6.07) is 2.02. The van der Waals surface area contributed by atoms with Gasteiger partial charge >= 0.3 is 0 Å². The lowest BCUT2D eigenvalue weighted by atomic mass is 9.95. The molecule has 1 aromatic carbocycles. The van der Waals surface area contributed by atoms with E-state index in [1.165, 1.54) is 0 Å². The van der Waals surface area contributed by atoms with E-state index in [0.717, 1.165) is 42.6 Å². The molecule has 30 heavy (non-hydrogen) atoms. The smallest absolute Gasteiger partial charge is 0.260 e. The first-order valence-electron chi connectivity index (χ1n) is 10.6. The molecule has 0 atom stereocenters. The number of dihydropyridines is 1. The van der Waals surface area contributed by atoms with Crippen LogP contribution in [0.2, 0.25) is 0 Å². The largest absolute Gasteiger partial charge is 0.469 e. The number of ether oxygens (including phenoxy) is 1. The molecule has 0 radical (unpaired) electrons. The van der Waals surface area contributed by atoms with Crippen molar-refractivity contribution in [3.05, 3.63) is 64.4 Å². The van der Waals surface area contributed by atoms with Gasteiger partial charge in [0.25, 0.3) is 5.91 Å². The van der Waals surface area contributed by atoms with Gasteiger partial charge in [-0.25, -0.2) is 4.39 Å². The van der Waals surface area contributed by atoms with E-state index in [2.05, 4.69) is 10.6 Å². The molecule has 7 heteroatoms. The number of hydrogen-bond donors (Lipinski definition) is 3. The molecule has 0 bridgehead atoms. The maximum atomic E-state index is 15.0. The quantitative estimate of drug-likeness (QED) is 0.670. The Morgan fingerprint density at radius 2 is 2.17 bits per heavy atom. The fourth-order valence-corrected chi connectivity index (χ4v) is 4.31. The van der Waals surface area contributed by atoms with Gasteiger partial charge in [0.05, 0.1) is 5.56 Å². The number of nitrogens with one attached hydrogen (secondary N) is 2. The van der Waals surface area contributed by atoms with Crippen LogP contribution in [0, 0.1) is 12.7 Å². The van der Waals surface area contributed by atoms with Crippen LogP contribution < -0.4 is 21.1 Å². The summed E-state index contributed by atoms with van der Waals surface area (Å²) in [5, 5.41) is 6.42. The molecule has 0 saturated heterocycles. The summed E-state index contributed by atoms with van der Waals surface area (Å²) in [5.74, 6) is 0.449. The van der Waals surface area contributed by atoms with Crippen LogP contribution in [0.1, 0.15) is 47.2 Å². The number of rotatable bonds is 6. The predicted octanol–water partition coefficient (Wildman–Crippen LogP) is 2.84.